The maximum absolute atomic E-state index is 12.5. The number of nitrogens with two attached hydrogens (primary N) is 1. The van der Waals surface area contributed by atoms with E-state index in [2.05, 4.69) is 0 Å². The highest BCUT2D eigenvalue weighted by molar-refractivity contribution is 7.91. The maximum atomic E-state index is 12.5. The number of benzene rings is 1. The molecule has 1 aromatic carbocycles. The van der Waals surface area contributed by atoms with Crippen molar-refractivity contribution in [3.63, 3.8) is 0 Å². The molecule has 0 spiro atoms. The number of hydrogen-bond acceptors (Lipinski definition) is 6. The Hall–Kier alpha value is -1.36. The van der Waals surface area contributed by atoms with Crippen LogP contribution in [0, 0.1) is 0 Å². The minimum Gasteiger partial charge on any atom is -0.495 e. The molecule has 0 atom stereocenters. The highest BCUT2D eigenvalue weighted by Gasteiger charge is 2.30. The van der Waals surface area contributed by atoms with Crippen LogP contribution in [0.2, 0.25) is 0 Å². The molecule has 0 saturated carbocycles. The summed E-state index contributed by atoms with van der Waals surface area (Å²) < 4.78 is 63.0. The van der Waals surface area contributed by atoms with Gasteiger partial charge in [0, 0.05) is 19.2 Å². The van der Waals surface area contributed by atoms with Crippen molar-refractivity contribution in [3.05, 3.63) is 12.1 Å². The molecule has 3 N–H and O–H groups in total. The van der Waals surface area contributed by atoms with E-state index in [1.165, 1.54) is 7.11 Å². The minimum absolute atomic E-state index is 0.0406. The van der Waals surface area contributed by atoms with E-state index in [0.29, 0.717) is 0 Å². The third kappa shape index (κ3) is 3.46. The summed E-state index contributed by atoms with van der Waals surface area (Å²) in [4.78, 5) is -1.34. The molecule has 1 rings (SSSR count). The summed E-state index contributed by atoms with van der Waals surface area (Å²) in [5, 5.41) is 0. The number of ether oxygens (including phenoxy) is 1. The van der Waals surface area contributed by atoms with Crippen molar-refractivity contribution in [1.29, 1.82) is 0 Å². The van der Waals surface area contributed by atoms with Crippen LogP contribution in [-0.2, 0) is 20.1 Å². The molecule has 0 aliphatic rings. The Balaban J connectivity index is 3.74. The average Bonchev–Trinajstić information content (AvgIpc) is 2.38. The van der Waals surface area contributed by atoms with Crippen LogP contribution in [0.15, 0.2) is 21.9 Å². The maximum Gasteiger partial charge on any atom is 0.296 e. The summed E-state index contributed by atoms with van der Waals surface area (Å²) in [5.41, 5.74) is 5.59. The van der Waals surface area contributed by atoms with Crippen molar-refractivity contribution in [2.45, 2.75) is 23.6 Å². The van der Waals surface area contributed by atoms with Crippen molar-refractivity contribution < 1.29 is 26.1 Å². The lowest BCUT2D eigenvalue weighted by Crippen LogP contribution is -2.31. The summed E-state index contributed by atoms with van der Waals surface area (Å²) in [5.74, 6) is -0.0406. The Bertz CT molecular complexity index is 723. The van der Waals surface area contributed by atoms with Gasteiger partial charge in [-0.3, -0.25) is 4.55 Å². The number of methoxy groups -OCH3 is 1. The van der Waals surface area contributed by atoms with Crippen molar-refractivity contribution in [2.24, 2.45) is 0 Å². The zero-order chi connectivity index (χ0) is 16.4. The summed E-state index contributed by atoms with van der Waals surface area (Å²) in [6.07, 6.45) is 0. The zero-order valence-corrected chi connectivity index (χ0v) is 13.5. The molecule has 0 amide bonds. The summed E-state index contributed by atoms with van der Waals surface area (Å²) in [6, 6.07) is 1.86. The zero-order valence-electron chi connectivity index (χ0n) is 11.9. The number of anilines is 1. The smallest absolute Gasteiger partial charge is 0.296 e. The Kier molecular flexibility index (Phi) is 5.20. The monoisotopic (exact) mass is 338 g/mol. The van der Waals surface area contributed by atoms with E-state index >= 15 is 0 Å². The Labute approximate surface area is 124 Å². The van der Waals surface area contributed by atoms with Gasteiger partial charge in [-0.25, -0.2) is 8.42 Å². The molecule has 0 saturated heterocycles. The first-order valence-electron chi connectivity index (χ1n) is 6.04. The summed E-state index contributed by atoms with van der Waals surface area (Å²) in [7, 11) is -7.61. The van der Waals surface area contributed by atoms with Gasteiger partial charge >= 0.3 is 0 Å². The molecule has 120 valence electrons. The average molecular weight is 338 g/mol. The number of hydrogen-bond donors (Lipinski definition) is 2. The first-order valence-corrected chi connectivity index (χ1v) is 8.92. The lowest BCUT2D eigenvalue weighted by Gasteiger charge is -2.20. The van der Waals surface area contributed by atoms with E-state index in [1.807, 2.05) is 0 Å². The molecule has 8 nitrogen and oxygen atoms in total. The molecule has 0 unspecified atom stereocenters. The van der Waals surface area contributed by atoms with Gasteiger partial charge in [0.05, 0.1) is 12.8 Å². The number of nitrogens with zero attached hydrogens (tertiary/aromatic N) is 1. The van der Waals surface area contributed by atoms with Crippen LogP contribution in [0.4, 0.5) is 5.69 Å². The molecule has 21 heavy (non-hydrogen) atoms. The standard InChI is InChI=1S/C11H18N2O6S2/c1-4-13(5-2)20(14,15)10-6-8(12)9(19-3)7-11(10)21(16,17)18/h6-7H,4-5,12H2,1-3H3,(H,16,17,18). The van der Waals surface area contributed by atoms with E-state index in [9.17, 15) is 21.4 Å². The fourth-order valence-corrected chi connectivity index (χ4v) is 4.59. The van der Waals surface area contributed by atoms with Crippen molar-refractivity contribution in [3.8, 4) is 5.75 Å². The Morgan fingerprint density at radius 1 is 1.14 bits per heavy atom. The van der Waals surface area contributed by atoms with Crippen LogP contribution in [0.1, 0.15) is 13.8 Å². The van der Waals surface area contributed by atoms with Gasteiger partial charge in [0.25, 0.3) is 10.1 Å². The molecule has 0 aromatic heterocycles. The van der Waals surface area contributed by atoms with Gasteiger partial charge in [-0.2, -0.15) is 12.7 Å². The molecule has 1 aromatic rings. The van der Waals surface area contributed by atoms with E-state index < -0.39 is 29.9 Å². The highest BCUT2D eigenvalue weighted by atomic mass is 32.2. The second-order valence-electron chi connectivity index (χ2n) is 4.11. The fourth-order valence-electron chi connectivity index (χ4n) is 1.84. The van der Waals surface area contributed by atoms with Crippen LogP contribution >= 0.6 is 0 Å². The lowest BCUT2D eigenvalue weighted by atomic mass is 10.3. The van der Waals surface area contributed by atoms with Crippen LogP contribution in [-0.4, -0.2) is 45.9 Å². The third-order valence-electron chi connectivity index (χ3n) is 2.90. The molecule has 0 bridgehead atoms. The van der Waals surface area contributed by atoms with Crippen molar-refractivity contribution in [2.75, 3.05) is 25.9 Å². The molecule has 10 heteroatoms. The number of sulfonamides is 1. The lowest BCUT2D eigenvalue weighted by molar-refractivity contribution is 0.412. The molecule has 0 heterocycles. The Morgan fingerprint density at radius 3 is 2.05 bits per heavy atom. The van der Waals surface area contributed by atoms with E-state index in [-0.39, 0.29) is 24.5 Å². The van der Waals surface area contributed by atoms with Gasteiger partial charge < -0.3 is 10.5 Å². The second-order valence-corrected chi connectivity index (χ2v) is 7.40. The quantitative estimate of drug-likeness (QED) is 0.573. The molecule has 0 radical (unpaired) electrons. The first-order chi connectivity index (χ1) is 9.59. The number of nitrogen functional groups attached to an aromatic ring is 1. The highest BCUT2D eigenvalue weighted by Crippen LogP contribution is 2.32. The topological polar surface area (TPSA) is 127 Å². The summed E-state index contributed by atoms with van der Waals surface area (Å²) in [6.45, 7) is 3.52. The van der Waals surface area contributed by atoms with Gasteiger partial charge in [-0.05, 0) is 6.07 Å². The van der Waals surface area contributed by atoms with E-state index in [0.717, 1.165) is 16.4 Å². The van der Waals surface area contributed by atoms with Gasteiger partial charge in [0.2, 0.25) is 10.0 Å². The van der Waals surface area contributed by atoms with Crippen molar-refractivity contribution in [1.82, 2.24) is 4.31 Å². The second kappa shape index (κ2) is 6.18. The van der Waals surface area contributed by atoms with E-state index in [1.54, 1.807) is 13.8 Å². The summed E-state index contributed by atoms with van der Waals surface area (Å²) >= 11 is 0. The third-order valence-corrected chi connectivity index (χ3v) is 6.01. The van der Waals surface area contributed by atoms with Gasteiger partial charge in [0.15, 0.2) is 0 Å². The normalized spacial score (nSPS) is 12.6. The van der Waals surface area contributed by atoms with Crippen LogP contribution in [0.25, 0.3) is 0 Å². The fraction of sp³-hybridized carbons (Fsp3) is 0.455. The van der Waals surface area contributed by atoms with Gasteiger partial charge in [-0.1, -0.05) is 13.8 Å². The molecular formula is C11H18N2O6S2. The first kappa shape index (κ1) is 17.7. The van der Waals surface area contributed by atoms with E-state index in [4.69, 9.17) is 10.5 Å². The molecule has 0 fully saturated rings. The van der Waals surface area contributed by atoms with Crippen LogP contribution in [0.3, 0.4) is 0 Å². The Morgan fingerprint density at radius 2 is 1.67 bits per heavy atom. The van der Waals surface area contributed by atoms with Crippen molar-refractivity contribution >= 4 is 25.8 Å². The van der Waals surface area contributed by atoms with Crippen LogP contribution < -0.4 is 10.5 Å². The molecule has 0 aliphatic heterocycles. The predicted molar refractivity (Wildman–Crippen MR) is 77.3 cm³/mol. The molecule has 0 aliphatic carbocycles. The van der Waals surface area contributed by atoms with Gasteiger partial charge in [-0.15, -0.1) is 0 Å². The van der Waals surface area contributed by atoms with Gasteiger partial charge in [0.1, 0.15) is 15.5 Å². The number of rotatable bonds is 6. The minimum atomic E-state index is -4.76. The SMILES string of the molecule is CCN(CC)S(=O)(=O)c1cc(N)c(OC)cc1S(=O)(=O)O. The van der Waals surface area contributed by atoms with Crippen LogP contribution in [0.5, 0.6) is 5.75 Å². The predicted octanol–water partition coefficient (Wildman–Crippen LogP) is 0.555. The molecular weight excluding hydrogens is 320 g/mol. The largest absolute Gasteiger partial charge is 0.495 e.